The third-order valence-corrected chi connectivity index (χ3v) is 5.04. The average molecular weight is 404 g/mol. The van der Waals surface area contributed by atoms with Gasteiger partial charge in [-0.05, 0) is 54.8 Å². The summed E-state index contributed by atoms with van der Waals surface area (Å²) in [6.45, 7) is 4.42. The number of nitrogens with one attached hydrogen (secondary N) is 1. The zero-order chi connectivity index (χ0) is 21.4. The Morgan fingerprint density at radius 1 is 0.967 bits per heavy atom. The maximum absolute atomic E-state index is 12.7. The molecule has 7 heteroatoms. The molecule has 4 rings (SSSR count). The average Bonchev–Trinajstić information content (AvgIpc) is 2.96. The smallest absolute Gasteiger partial charge is 0.336 e. The van der Waals surface area contributed by atoms with E-state index in [-0.39, 0.29) is 22.9 Å². The summed E-state index contributed by atoms with van der Waals surface area (Å²) in [6.07, 6.45) is 0.723. The van der Waals surface area contributed by atoms with E-state index in [0.29, 0.717) is 34.7 Å². The molecule has 0 aliphatic carbocycles. The van der Waals surface area contributed by atoms with Crippen molar-refractivity contribution >= 4 is 34.4 Å². The maximum atomic E-state index is 12.7. The normalized spacial score (nSPS) is 13.2. The highest BCUT2D eigenvalue weighted by molar-refractivity contribution is 6.22. The van der Waals surface area contributed by atoms with E-state index in [0.717, 1.165) is 6.42 Å². The van der Waals surface area contributed by atoms with Crippen LogP contribution in [-0.2, 0) is 0 Å². The van der Waals surface area contributed by atoms with Gasteiger partial charge < -0.3 is 9.73 Å². The number of rotatable bonds is 5. The lowest BCUT2D eigenvalue weighted by molar-refractivity contribution is 0.0647. The van der Waals surface area contributed by atoms with Crippen molar-refractivity contribution in [1.82, 2.24) is 4.90 Å². The molecule has 0 saturated heterocycles. The topological polar surface area (TPSA) is 96.7 Å². The van der Waals surface area contributed by atoms with Gasteiger partial charge in [0.15, 0.2) is 0 Å². The summed E-state index contributed by atoms with van der Waals surface area (Å²) in [7, 11) is 0. The van der Waals surface area contributed by atoms with E-state index in [4.69, 9.17) is 4.42 Å². The van der Waals surface area contributed by atoms with Crippen molar-refractivity contribution in [2.75, 3.05) is 11.9 Å². The predicted octanol–water partition coefficient (Wildman–Crippen LogP) is 3.69. The summed E-state index contributed by atoms with van der Waals surface area (Å²) < 4.78 is 5.08. The van der Waals surface area contributed by atoms with Crippen molar-refractivity contribution in [3.63, 3.8) is 0 Å². The van der Waals surface area contributed by atoms with Crippen molar-refractivity contribution in [2.45, 2.75) is 20.3 Å². The van der Waals surface area contributed by atoms with Crippen LogP contribution in [0.1, 0.15) is 51.3 Å². The van der Waals surface area contributed by atoms with E-state index in [9.17, 15) is 19.2 Å². The Morgan fingerprint density at radius 2 is 1.73 bits per heavy atom. The largest absolute Gasteiger partial charge is 0.423 e. The summed E-state index contributed by atoms with van der Waals surface area (Å²) in [6, 6.07) is 12.3. The molecule has 7 nitrogen and oxygen atoms in total. The molecule has 0 spiro atoms. The minimum Gasteiger partial charge on any atom is -0.423 e. The number of hydrogen-bond acceptors (Lipinski definition) is 5. The first kappa shape index (κ1) is 19.6. The van der Waals surface area contributed by atoms with Crippen LogP contribution >= 0.6 is 0 Å². The number of benzene rings is 2. The van der Waals surface area contributed by atoms with Gasteiger partial charge in [0.05, 0.1) is 11.1 Å². The molecular weight excluding hydrogens is 384 g/mol. The first-order valence-corrected chi connectivity index (χ1v) is 9.69. The highest BCUT2D eigenvalue weighted by Gasteiger charge is 2.35. The molecule has 2 aromatic carbocycles. The van der Waals surface area contributed by atoms with Crippen LogP contribution in [0.4, 0.5) is 5.69 Å². The summed E-state index contributed by atoms with van der Waals surface area (Å²) in [5.41, 5.74) is 1.34. The second-order valence-electron chi connectivity index (χ2n) is 7.67. The highest BCUT2D eigenvalue weighted by Crippen LogP contribution is 2.25. The van der Waals surface area contributed by atoms with E-state index in [1.807, 2.05) is 13.8 Å². The van der Waals surface area contributed by atoms with Gasteiger partial charge in [0.25, 0.3) is 17.7 Å². The van der Waals surface area contributed by atoms with Gasteiger partial charge in [-0.1, -0.05) is 13.8 Å². The van der Waals surface area contributed by atoms with Gasteiger partial charge >= 0.3 is 5.63 Å². The van der Waals surface area contributed by atoms with Crippen molar-refractivity contribution in [1.29, 1.82) is 0 Å². The van der Waals surface area contributed by atoms with E-state index in [1.165, 1.54) is 29.2 Å². The Labute approximate surface area is 172 Å². The van der Waals surface area contributed by atoms with Crippen LogP contribution in [0.3, 0.4) is 0 Å². The molecule has 0 radical (unpaired) electrons. The van der Waals surface area contributed by atoms with Crippen molar-refractivity contribution in [3.8, 4) is 0 Å². The van der Waals surface area contributed by atoms with Crippen LogP contribution in [0.2, 0.25) is 0 Å². The lowest BCUT2D eigenvalue weighted by Crippen LogP contribution is -2.31. The van der Waals surface area contributed by atoms with Crippen LogP contribution in [0.15, 0.2) is 57.7 Å². The SMILES string of the molecule is CC(C)CCN1C(=O)c2ccc(C(=O)Nc3ccc4oc(=O)ccc4c3)cc2C1=O. The van der Waals surface area contributed by atoms with E-state index in [1.54, 1.807) is 24.3 Å². The van der Waals surface area contributed by atoms with Gasteiger partial charge in [0.1, 0.15) is 5.58 Å². The van der Waals surface area contributed by atoms with Crippen molar-refractivity contribution in [2.24, 2.45) is 5.92 Å². The summed E-state index contributed by atoms with van der Waals surface area (Å²) in [4.78, 5) is 50.4. The van der Waals surface area contributed by atoms with Gasteiger partial charge in [0.2, 0.25) is 0 Å². The fourth-order valence-corrected chi connectivity index (χ4v) is 3.38. The van der Waals surface area contributed by atoms with E-state index in [2.05, 4.69) is 5.32 Å². The van der Waals surface area contributed by atoms with Gasteiger partial charge in [-0.3, -0.25) is 19.3 Å². The lowest BCUT2D eigenvalue weighted by Gasteiger charge is -2.14. The number of anilines is 1. The van der Waals surface area contributed by atoms with E-state index >= 15 is 0 Å². The molecule has 1 aliphatic heterocycles. The highest BCUT2D eigenvalue weighted by atomic mass is 16.4. The Kier molecular flexibility index (Phi) is 4.95. The van der Waals surface area contributed by atoms with E-state index < -0.39 is 11.5 Å². The van der Waals surface area contributed by atoms with Gasteiger partial charge in [-0.15, -0.1) is 0 Å². The van der Waals surface area contributed by atoms with Gasteiger partial charge in [-0.2, -0.15) is 0 Å². The monoisotopic (exact) mass is 404 g/mol. The molecule has 0 fully saturated rings. The molecular formula is C23H20N2O5. The van der Waals surface area contributed by atoms with Gasteiger partial charge in [-0.25, -0.2) is 4.79 Å². The van der Waals surface area contributed by atoms with Crippen LogP contribution in [-0.4, -0.2) is 29.2 Å². The molecule has 1 N–H and O–H groups in total. The summed E-state index contributed by atoms with van der Waals surface area (Å²) in [5, 5.41) is 3.43. The summed E-state index contributed by atoms with van der Waals surface area (Å²) >= 11 is 0. The minimum atomic E-state index is -0.445. The third kappa shape index (κ3) is 3.61. The first-order valence-electron chi connectivity index (χ1n) is 9.69. The molecule has 0 atom stereocenters. The Bertz CT molecular complexity index is 1240. The molecule has 0 bridgehead atoms. The number of imide groups is 1. The zero-order valence-electron chi connectivity index (χ0n) is 16.6. The summed E-state index contributed by atoms with van der Waals surface area (Å²) in [5.74, 6) is -0.731. The van der Waals surface area contributed by atoms with Crippen LogP contribution in [0.5, 0.6) is 0 Å². The number of amides is 3. The van der Waals surface area contributed by atoms with Crippen LogP contribution < -0.4 is 10.9 Å². The number of hydrogen-bond donors (Lipinski definition) is 1. The molecule has 152 valence electrons. The quantitative estimate of drug-likeness (QED) is 0.517. The molecule has 1 aliphatic rings. The minimum absolute atomic E-state index is 0.247. The standard InChI is InChI=1S/C23H20N2O5/c1-13(2)9-10-25-22(28)17-6-3-15(12-18(17)23(25)29)21(27)24-16-5-7-19-14(11-16)4-8-20(26)30-19/h3-8,11-13H,9-10H2,1-2H3,(H,24,27). The lowest BCUT2D eigenvalue weighted by atomic mass is 10.1. The second kappa shape index (κ2) is 7.59. The Morgan fingerprint density at radius 3 is 2.50 bits per heavy atom. The molecule has 3 aromatic rings. The number of nitrogens with zero attached hydrogens (tertiary/aromatic N) is 1. The van der Waals surface area contributed by atoms with Crippen molar-refractivity contribution < 1.29 is 18.8 Å². The molecule has 0 unspecified atom stereocenters. The molecule has 30 heavy (non-hydrogen) atoms. The molecule has 1 aromatic heterocycles. The molecule has 2 heterocycles. The number of carbonyl (C=O) groups is 3. The molecule has 0 saturated carbocycles. The molecule has 3 amide bonds. The number of carbonyl (C=O) groups excluding carboxylic acids is 3. The predicted molar refractivity (Wildman–Crippen MR) is 112 cm³/mol. The van der Waals surface area contributed by atoms with Crippen molar-refractivity contribution in [3.05, 3.63) is 75.6 Å². The van der Waals surface area contributed by atoms with Gasteiger partial charge in [0, 0.05) is 29.2 Å². The fourth-order valence-electron chi connectivity index (χ4n) is 3.38. The zero-order valence-corrected chi connectivity index (χ0v) is 16.6. The maximum Gasteiger partial charge on any atom is 0.336 e. The second-order valence-corrected chi connectivity index (χ2v) is 7.67. The third-order valence-electron chi connectivity index (χ3n) is 5.04. The van der Waals surface area contributed by atoms with Crippen LogP contribution in [0, 0.1) is 5.92 Å². The Balaban J connectivity index is 1.55. The fraction of sp³-hybridized carbons (Fsp3) is 0.217. The number of fused-ring (bicyclic) bond motifs is 2. The van der Waals surface area contributed by atoms with Crippen LogP contribution in [0.25, 0.3) is 11.0 Å². The Hall–Kier alpha value is -3.74. The first-order chi connectivity index (χ1) is 14.3.